The van der Waals surface area contributed by atoms with Crippen molar-refractivity contribution in [3.63, 3.8) is 0 Å². The predicted molar refractivity (Wildman–Crippen MR) is 110 cm³/mol. The van der Waals surface area contributed by atoms with Gasteiger partial charge in [-0.15, -0.1) is 0 Å². The van der Waals surface area contributed by atoms with E-state index in [1.54, 1.807) is 31.4 Å². The molecule has 1 aliphatic rings. The molecule has 27 heavy (non-hydrogen) atoms. The largest absolute Gasteiger partial charge is 0.497 e. The zero-order valence-electron chi connectivity index (χ0n) is 15.1. The second-order valence-corrected chi connectivity index (χ2v) is 7.06. The second-order valence-electron chi connectivity index (χ2n) is 6.14. The number of anilines is 1. The lowest BCUT2D eigenvalue weighted by atomic mass is 10.2. The Morgan fingerprint density at radius 1 is 1.30 bits per heavy atom. The molecule has 1 saturated heterocycles. The fourth-order valence-corrected chi connectivity index (χ4v) is 2.97. The van der Waals surface area contributed by atoms with Crippen LogP contribution in [0.25, 0.3) is 0 Å². The molecule has 1 heterocycles. The van der Waals surface area contributed by atoms with E-state index in [9.17, 15) is 4.79 Å². The van der Waals surface area contributed by atoms with Crippen LogP contribution in [0.2, 0.25) is 0 Å². The maximum Gasteiger partial charge on any atom is 0.258 e. The number of nitrogens with one attached hydrogen (secondary N) is 2. The van der Waals surface area contributed by atoms with Crippen molar-refractivity contribution >= 4 is 33.5 Å². The van der Waals surface area contributed by atoms with E-state index >= 15 is 0 Å². The Kier molecular flexibility index (Phi) is 6.84. The summed E-state index contributed by atoms with van der Waals surface area (Å²) in [4.78, 5) is 17.2. The van der Waals surface area contributed by atoms with Gasteiger partial charge in [-0.3, -0.25) is 10.1 Å². The first-order chi connectivity index (χ1) is 13.1. The van der Waals surface area contributed by atoms with Crippen LogP contribution in [0.15, 0.2) is 58.0 Å². The van der Waals surface area contributed by atoms with Crippen molar-refractivity contribution in [3.8, 4) is 5.75 Å². The third-order valence-corrected chi connectivity index (χ3v) is 4.68. The first-order valence-electron chi connectivity index (χ1n) is 8.78. The molecule has 2 aromatic rings. The Morgan fingerprint density at radius 2 is 2.11 bits per heavy atom. The van der Waals surface area contributed by atoms with Crippen LogP contribution in [0.5, 0.6) is 5.75 Å². The summed E-state index contributed by atoms with van der Waals surface area (Å²) in [5.74, 6) is 0.756. The highest BCUT2D eigenvalue weighted by Gasteiger charge is 2.16. The Balaban J connectivity index is 1.74. The van der Waals surface area contributed by atoms with Crippen LogP contribution >= 0.6 is 15.9 Å². The number of hydrogen-bond donors (Lipinski definition) is 2. The van der Waals surface area contributed by atoms with Gasteiger partial charge in [0.25, 0.3) is 5.91 Å². The number of nitrogens with zero attached hydrogens (tertiary/aromatic N) is 1. The molecular formula is C20H22BrN3O3. The summed E-state index contributed by atoms with van der Waals surface area (Å²) in [7, 11) is 1.57. The zero-order valence-corrected chi connectivity index (χ0v) is 16.7. The number of aliphatic imine (C=N–C) groups is 1. The van der Waals surface area contributed by atoms with Gasteiger partial charge < -0.3 is 14.8 Å². The number of carbonyl (C=O) groups is 1. The predicted octanol–water partition coefficient (Wildman–Crippen LogP) is 3.83. The maximum atomic E-state index is 12.6. The van der Waals surface area contributed by atoms with Gasteiger partial charge in [-0.1, -0.05) is 22.0 Å². The van der Waals surface area contributed by atoms with Crippen molar-refractivity contribution in [1.29, 1.82) is 0 Å². The molecule has 2 N–H and O–H groups in total. The Labute approximate surface area is 167 Å². The molecule has 6 nitrogen and oxygen atoms in total. The van der Waals surface area contributed by atoms with Crippen molar-refractivity contribution in [3.05, 3.63) is 58.6 Å². The molecule has 1 atom stereocenters. The number of amides is 1. The molecule has 142 valence electrons. The van der Waals surface area contributed by atoms with Crippen LogP contribution in [0.3, 0.4) is 0 Å². The molecule has 0 spiro atoms. The van der Waals surface area contributed by atoms with E-state index in [2.05, 4.69) is 31.6 Å². The average Bonchev–Trinajstić information content (AvgIpc) is 3.21. The topological polar surface area (TPSA) is 72.0 Å². The summed E-state index contributed by atoms with van der Waals surface area (Å²) in [6.45, 7) is 1.27. The minimum Gasteiger partial charge on any atom is -0.497 e. The van der Waals surface area contributed by atoms with Crippen molar-refractivity contribution in [2.24, 2.45) is 4.99 Å². The van der Waals surface area contributed by atoms with Crippen LogP contribution < -0.4 is 15.4 Å². The van der Waals surface area contributed by atoms with E-state index in [1.165, 1.54) is 0 Å². The standard InChI is InChI=1S/C20H22BrN3O3/c1-26-17-5-2-4-14(12-17)19(25)24-20(22-13-18-6-3-11-27-18)23-16-9-7-15(21)8-10-16/h2,4-5,7-10,12,18H,3,6,11,13H2,1H3,(H2,22,23,24,25)/t18-/m0/s1. The van der Waals surface area contributed by atoms with Gasteiger partial charge in [0, 0.05) is 22.3 Å². The normalized spacial score (nSPS) is 16.8. The van der Waals surface area contributed by atoms with E-state index in [0.717, 1.165) is 29.6 Å². The number of benzene rings is 2. The number of rotatable bonds is 5. The van der Waals surface area contributed by atoms with E-state index < -0.39 is 0 Å². The van der Waals surface area contributed by atoms with Crippen molar-refractivity contribution in [2.45, 2.75) is 18.9 Å². The lowest BCUT2D eigenvalue weighted by Crippen LogP contribution is -2.36. The average molecular weight is 432 g/mol. The van der Waals surface area contributed by atoms with Gasteiger partial charge in [0.2, 0.25) is 5.96 Å². The molecule has 0 unspecified atom stereocenters. The molecule has 7 heteroatoms. The van der Waals surface area contributed by atoms with Gasteiger partial charge in [-0.2, -0.15) is 0 Å². The van der Waals surface area contributed by atoms with Crippen LogP contribution in [0.4, 0.5) is 5.69 Å². The van der Waals surface area contributed by atoms with Crippen LogP contribution in [0.1, 0.15) is 23.2 Å². The van der Waals surface area contributed by atoms with Crippen molar-refractivity contribution < 1.29 is 14.3 Å². The quantitative estimate of drug-likeness (QED) is 0.557. The smallest absolute Gasteiger partial charge is 0.258 e. The van der Waals surface area contributed by atoms with Crippen LogP contribution in [-0.2, 0) is 4.74 Å². The lowest BCUT2D eigenvalue weighted by molar-refractivity contribution is 0.0975. The Hall–Kier alpha value is -2.38. The summed E-state index contributed by atoms with van der Waals surface area (Å²) >= 11 is 3.42. The van der Waals surface area contributed by atoms with E-state index in [1.807, 2.05) is 24.3 Å². The van der Waals surface area contributed by atoms with Crippen LogP contribution in [0, 0.1) is 0 Å². The number of methoxy groups -OCH3 is 1. The van der Waals surface area contributed by atoms with Gasteiger partial charge in [-0.05, 0) is 55.3 Å². The molecule has 2 aromatic carbocycles. The molecule has 0 aromatic heterocycles. The van der Waals surface area contributed by atoms with E-state index in [4.69, 9.17) is 9.47 Å². The molecule has 0 bridgehead atoms. The zero-order chi connectivity index (χ0) is 19.1. The molecule has 3 rings (SSSR count). The summed E-state index contributed by atoms with van der Waals surface area (Å²) in [5.41, 5.74) is 1.33. The molecule has 1 fully saturated rings. The number of hydrogen-bond acceptors (Lipinski definition) is 4. The van der Waals surface area contributed by atoms with Crippen molar-refractivity contribution in [1.82, 2.24) is 5.32 Å². The minimum absolute atomic E-state index is 0.0976. The molecule has 0 aliphatic carbocycles. The molecule has 1 aliphatic heterocycles. The maximum absolute atomic E-state index is 12.6. The van der Waals surface area contributed by atoms with Crippen molar-refractivity contribution in [2.75, 3.05) is 25.6 Å². The fraction of sp³-hybridized carbons (Fsp3) is 0.300. The third kappa shape index (κ3) is 5.80. The highest BCUT2D eigenvalue weighted by atomic mass is 79.9. The van der Waals surface area contributed by atoms with Gasteiger partial charge in [0.15, 0.2) is 0 Å². The molecule has 1 amide bonds. The summed E-state index contributed by atoms with van der Waals surface area (Å²) in [6, 6.07) is 14.6. The summed E-state index contributed by atoms with van der Waals surface area (Å²) < 4.78 is 11.8. The number of ether oxygens (including phenoxy) is 2. The lowest BCUT2D eigenvalue weighted by Gasteiger charge is -2.14. The molecule has 0 radical (unpaired) electrons. The van der Waals surface area contributed by atoms with Gasteiger partial charge in [-0.25, -0.2) is 4.99 Å². The Morgan fingerprint density at radius 3 is 2.81 bits per heavy atom. The first kappa shape index (κ1) is 19.4. The third-order valence-electron chi connectivity index (χ3n) is 4.15. The molecule has 0 saturated carbocycles. The fourth-order valence-electron chi connectivity index (χ4n) is 2.71. The van der Waals surface area contributed by atoms with Gasteiger partial charge >= 0.3 is 0 Å². The highest BCUT2D eigenvalue weighted by Crippen LogP contribution is 2.16. The number of halogens is 1. The highest BCUT2D eigenvalue weighted by molar-refractivity contribution is 9.10. The van der Waals surface area contributed by atoms with Gasteiger partial charge in [0.1, 0.15) is 5.75 Å². The molecular weight excluding hydrogens is 410 g/mol. The Bertz CT molecular complexity index is 802. The van der Waals surface area contributed by atoms with Crippen LogP contribution in [-0.4, -0.2) is 38.2 Å². The summed E-state index contributed by atoms with van der Waals surface area (Å²) in [6.07, 6.45) is 2.13. The summed E-state index contributed by atoms with van der Waals surface area (Å²) in [5, 5.41) is 6.02. The van der Waals surface area contributed by atoms with Gasteiger partial charge in [0.05, 0.1) is 19.8 Å². The SMILES string of the molecule is COc1cccc(C(=O)NC(=NC[C@@H]2CCCO2)Nc2ccc(Br)cc2)c1. The second kappa shape index (κ2) is 9.53. The monoisotopic (exact) mass is 431 g/mol. The number of guanidine groups is 1. The minimum atomic E-state index is -0.260. The first-order valence-corrected chi connectivity index (χ1v) is 9.57. The van der Waals surface area contributed by atoms with E-state index in [0.29, 0.717) is 23.8 Å². The van der Waals surface area contributed by atoms with E-state index in [-0.39, 0.29) is 12.0 Å². The number of carbonyl (C=O) groups excluding carboxylic acids is 1.